The SMILES string of the molecule is CCC1CN(C)CCCN1CCC(N)C(C)(C)C. The van der Waals surface area contributed by atoms with Crippen molar-refractivity contribution in [1.29, 1.82) is 0 Å². The van der Waals surface area contributed by atoms with Crippen LogP contribution >= 0.6 is 0 Å². The molecule has 18 heavy (non-hydrogen) atoms. The van der Waals surface area contributed by atoms with Crippen molar-refractivity contribution in [1.82, 2.24) is 9.80 Å². The van der Waals surface area contributed by atoms with Gasteiger partial charge in [0.05, 0.1) is 0 Å². The molecule has 0 saturated carbocycles. The Bertz CT molecular complexity index is 234. The Labute approximate surface area is 114 Å². The third-order valence-electron chi connectivity index (χ3n) is 4.33. The molecular formula is C15H33N3. The number of nitrogens with two attached hydrogens (primary N) is 1. The van der Waals surface area contributed by atoms with Crippen molar-refractivity contribution >= 4 is 0 Å². The zero-order valence-electron chi connectivity index (χ0n) is 13.1. The van der Waals surface area contributed by atoms with Crippen molar-refractivity contribution in [3.8, 4) is 0 Å². The van der Waals surface area contributed by atoms with Crippen LogP contribution in [-0.4, -0.2) is 55.1 Å². The topological polar surface area (TPSA) is 32.5 Å². The molecule has 3 heteroatoms. The molecule has 2 unspecified atom stereocenters. The first kappa shape index (κ1) is 15.9. The fourth-order valence-electron chi connectivity index (χ4n) is 2.71. The molecule has 1 aliphatic heterocycles. The van der Waals surface area contributed by atoms with Crippen molar-refractivity contribution in [3.63, 3.8) is 0 Å². The lowest BCUT2D eigenvalue weighted by atomic mass is 9.85. The molecule has 0 aliphatic carbocycles. The van der Waals surface area contributed by atoms with E-state index in [0.717, 1.165) is 13.0 Å². The Kier molecular flexibility index (Phi) is 6.09. The molecule has 0 aromatic rings. The highest BCUT2D eigenvalue weighted by Gasteiger charge is 2.25. The van der Waals surface area contributed by atoms with Gasteiger partial charge in [-0.05, 0) is 51.4 Å². The highest BCUT2D eigenvalue weighted by molar-refractivity contribution is 4.82. The van der Waals surface area contributed by atoms with Crippen LogP contribution in [0.2, 0.25) is 0 Å². The lowest BCUT2D eigenvalue weighted by molar-refractivity contribution is 0.165. The molecule has 1 heterocycles. The summed E-state index contributed by atoms with van der Waals surface area (Å²) in [7, 11) is 2.24. The molecule has 2 N–H and O–H groups in total. The van der Waals surface area contributed by atoms with E-state index in [-0.39, 0.29) is 5.41 Å². The summed E-state index contributed by atoms with van der Waals surface area (Å²) < 4.78 is 0. The second-order valence-electron chi connectivity index (χ2n) is 6.98. The fourth-order valence-corrected chi connectivity index (χ4v) is 2.71. The van der Waals surface area contributed by atoms with E-state index >= 15 is 0 Å². The average Bonchev–Trinajstić information content (AvgIpc) is 2.46. The van der Waals surface area contributed by atoms with Crippen LogP contribution in [0, 0.1) is 5.41 Å². The van der Waals surface area contributed by atoms with Crippen LogP contribution in [0.15, 0.2) is 0 Å². The maximum Gasteiger partial charge on any atom is 0.0220 e. The molecule has 0 aromatic carbocycles. The third kappa shape index (κ3) is 4.87. The first-order valence-corrected chi connectivity index (χ1v) is 7.52. The van der Waals surface area contributed by atoms with Gasteiger partial charge in [0.25, 0.3) is 0 Å². The van der Waals surface area contributed by atoms with Crippen molar-refractivity contribution in [3.05, 3.63) is 0 Å². The molecule has 0 aromatic heterocycles. The van der Waals surface area contributed by atoms with Gasteiger partial charge in [0.15, 0.2) is 0 Å². The van der Waals surface area contributed by atoms with Crippen molar-refractivity contribution in [2.24, 2.45) is 11.1 Å². The Morgan fingerprint density at radius 3 is 2.50 bits per heavy atom. The van der Waals surface area contributed by atoms with Gasteiger partial charge in [0.1, 0.15) is 0 Å². The molecule has 1 fully saturated rings. The molecule has 1 aliphatic rings. The summed E-state index contributed by atoms with van der Waals surface area (Å²) in [6.45, 7) is 13.9. The van der Waals surface area contributed by atoms with Crippen molar-refractivity contribution in [2.75, 3.05) is 33.2 Å². The van der Waals surface area contributed by atoms with E-state index < -0.39 is 0 Å². The molecule has 0 spiro atoms. The molecule has 108 valence electrons. The summed E-state index contributed by atoms with van der Waals surface area (Å²) in [6, 6.07) is 1.01. The largest absolute Gasteiger partial charge is 0.327 e. The molecule has 2 atom stereocenters. The minimum absolute atomic E-state index is 0.227. The van der Waals surface area contributed by atoms with E-state index in [1.165, 1.54) is 32.5 Å². The molecule has 1 rings (SSSR count). The van der Waals surface area contributed by atoms with Crippen LogP contribution in [0.4, 0.5) is 0 Å². The normalized spacial score (nSPS) is 26.0. The first-order chi connectivity index (χ1) is 8.34. The maximum absolute atomic E-state index is 6.28. The summed E-state index contributed by atoms with van der Waals surface area (Å²) in [4.78, 5) is 5.13. The summed E-state index contributed by atoms with van der Waals surface area (Å²) >= 11 is 0. The minimum atomic E-state index is 0.227. The van der Waals surface area contributed by atoms with Gasteiger partial charge < -0.3 is 10.6 Å². The molecule has 0 amide bonds. The van der Waals surface area contributed by atoms with Gasteiger partial charge in [0.2, 0.25) is 0 Å². The van der Waals surface area contributed by atoms with E-state index in [0.29, 0.717) is 12.1 Å². The standard InChI is InChI=1S/C15H33N3/c1-6-13-12-17(5)9-7-10-18(13)11-8-14(16)15(2,3)4/h13-14H,6-12,16H2,1-5H3. The average molecular weight is 255 g/mol. The molecule has 1 saturated heterocycles. The van der Waals surface area contributed by atoms with E-state index in [1.54, 1.807) is 0 Å². The molecule has 0 radical (unpaired) electrons. The summed E-state index contributed by atoms with van der Waals surface area (Å²) in [5.74, 6) is 0. The van der Waals surface area contributed by atoms with Gasteiger partial charge in [-0.15, -0.1) is 0 Å². The zero-order chi connectivity index (χ0) is 13.8. The monoisotopic (exact) mass is 255 g/mol. The zero-order valence-corrected chi connectivity index (χ0v) is 13.1. The van der Waals surface area contributed by atoms with Crippen LogP contribution in [0.3, 0.4) is 0 Å². The number of hydrogen-bond acceptors (Lipinski definition) is 3. The molecule has 3 nitrogen and oxygen atoms in total. The lowest BCUT2D eigenvalue weighted by Crippen LogP contribution is -2.44. The Morgan fingerprint density at radius 2 is 1.94 bits per heavy atom. The Morgan fingerprint density at radius 1 is 1.28 bits per heavy atom. The highest BCUT2D eigenvalue weighted by Crippen LogP contribution is 2.21. The van der Waals surface area contributed by atoms with Crippen LogP contribution in [0.5, 0.6) is 0 Å². The van der Waals surface area contributed by atoms with Gasteiger partial charge in [-0.3, -0.25) is 4.90 Å². The number of rotatable bonds is 4. The summed E-state index contributed by atoms with van der Waals surface area (Å²) in [5, 5.41) is 0. The van der Waals surface area contributed by atoms with Gasteiger partial charge in [0, 0.05) is 18.6 Å². The second-order valence-corrected chi connectivity index (χ2v) is 6.98. The van der Waals surface area contributed by atoms with Gasteiger partial charge in [-0.1, -0.05) is 27.7 Å². The van der Waals surface area contributed by atoms with E-state index in [4.69, 9.17) is 5.73 Å². The van der Waals surface area contributed by atoms with Crippen molar-refractivity contribution < 1.29 is 0 Å². The number of likely N-dealkylation sites (N-methyl/N-ethyl adjacent to an activating group) is 1. The smallest absolute Gasteiger partial charge is 0.0220 e. The van der Waals surface area contributed by atoms with Crippen LogP contribution in [0.1, 0.15) is 47.0 Å². The maximum atomic E-state index is 6.28. The van der Waals surface area contributed by atoms with E-state index in [2.05, 4.69) is 44.5 Å². The quantitative estimate of drug-likeness (QED) is 0.835. The Hall–Kier alpha value is -0.120. The Balaban J connectivity index is 2.48. The summed E-state index contributed by atoms with van der Waals surface area (Å²) in [5.41, 5.74) is 6.51. The van der Waals surface area contributed by atoms with E-state index in [9.17, 15) is 0 Å². The number of hydrogen-bond donors (Lipinski definition) is 1. The number of nitrogens with zero attached hydrogens (tertiary/aromatic N) is 2. The van der Waals surface area contributed by atoms with Crippen molar-refractivity contribution in [2.45, 2.75) is 59.0 Å². The van der Waals surface area contributed by atoms with Gasteiger partial charge in [-0.25, -0.2) is 0 Å². The van der Waals surface area contributed by atoms with Gasteiger partial charge >= 0.3 is 0 Å². The van der Waals surface area contributed by atoms with Crippen LogP contribution in [-0.2, 0) is 0 Å². The van der Waals surface area contributed by atoms with Crippen LogP contribution in [0.25, 0.3) is 0 Å². The summed E-state index contributed by atoms with van der Waals surface area (Å²) in [6.07, 6.45) is 3.65. The third-order valence-corrected chi connectivity index (χ3v) is 4.33. The fraction of sp³-hybridized carbons (Fsp3) is 1.00. The second kappa shape index (κ2) is 6.88. The first-order valence-electron chi connectivity index (χ1n) is 7.52. The van der Waals surface area contributed by atoms with Gasteiger partial charge in [-0.2, -0.15) is 0 Å². The minimum Gasteiger partial charge on any atom is -0.327 e. The predicted molar refractivity (Wildman–Crippen MR) is 79.8 cm³/mol. The van der Waals surface area contributed by atoms with Crippen LogP contribution < -0.4 is 5.73 Å². The molecular weight excluding hydrogens is 222 g/mol. The highest BCUT2D eigenvalue weighted by atomic mass is 15.2. The van der Waals surface area contributed by atoms with E-state index in [1.807, 2.05) is 0 Å². The predicted octanol–water partition coefficient (Wildman–Crippen LogP) is 2.17. The molecule has 0 bridgehead atoms. The lowest BCUT2D eigenvalue weighted by Gasteiger charge is -2.33.